The third-order valence-electron chi connectivity index (χ3n) is 3.27. The Labute approximate surface area is 140 Å². The van der Waals surface area contributed by atoms with Crippen LogP contribution in [0.1, 0.15) is 12.5 Å². The van der Waals surface area contributed by atoms with E-state index in [0.29, 0.717) is 17.9 Å². The topological polar surface area (TPSA) is 78.5 Å². The third kappa shape index (κ3) is 4.95. The second-order valence-electron chi connectivity index (χ2n) is 5.36. The van der Waals surface area contributed by atoms with E-state index < -0.39 is 11.8 Å². The summed E-state index contributed by atoms with van der Waals surface area (Å²) in [5, 5.41) is 5.17. The Bertz CT molecular complexity index is 727. The first-order valence-electron chi connectivity index (χ1n) is 7.44. The number of anilines is 2. The first-order chi connectivity index (χ1) is 11.5. The van der Waals surface area contributed by atoms with Crippen LogP contribution in [0.3, 0.4) is 0 Å². The molecule has 0 aliphatic carbocycles. The largest absolute Gasteiger partial charge is 0.333 e. The number of carbonyl (C=O) groups excluding carboxylic acids is 3. The van der Waals surface area contributed by atoms with E-state index in [9.17, 15) is 14.4 Å². The molecule has 0 aromatic heterocycles. The first kappa shape index (κ1) is 17.2. The predicted molar refractivity (Wildman–Crippen MR) is 92.3 cm³/mol. The van der Waals surface area contributed by atoms with E-state index in [1.165, 1.54) is 11.8 Å². The van der Waals surface area contributed by atoms with E-state index in [-0.39, 0.29) is 5.91 Å². The number of hydrogen-bond acceptors (Lipinski definition) is 3. The van der Waals surface area contributed by atoms with E-state index in [1.807, 2.05) is 30.3 Å². The van der Waals surface area contributed by atoms with Crippen LogP contribution in [0.5, 0.6) is 0 Å². The van der Waals surface area contributed by atoms with Crippen LogP contribution in [0.2, 0.25) is 0 Å². The molecule has 24 heavy (non-hydrogen) atoms. The van der Waals surface area contributed by atoms with Crippen LogP contribution in [-0.4, -0.2) is 29.7 Å². The highest BCUT2D eigenvalue weighted by Crippen LogP contribution is 2.13. The minimum atomic E-state index is -0.708. The van der Waals surface area contributed by atoms with Gasteiger partial charge in [0.15, 0.2) is 0 Å². The molecular formula is C18H19N3O3. The number of rotatable bonds is 4. The Kier molecular flexibility index (Phi) is 5.68. The van der Waals surface area contributed by atoms with Crippen molar-refractivity contribution in [2.45, 2.75) is 13.5 Å². The Hall–Kier alpha value is -3.15. The van der Waals surface area contributed by atoms with Gasteiger partial charge in [0.05, 0.1) is 0 Å². The Morgan fingerprint density at radius 1 is 0.875 bits per heavy atom. The second kappa shape index (κ2) is 7.92. The minimum Gasteiger partial charge on any atom is -0.333 e. The van der Waals surface area contributed by atoms with Gasteiger partial charge in [0, 0.05) is 31.9 Å². The summed E-state index contributed by atoms with van der Waals surface area (Å²) >= 11 is 0. The Morgan fingerprint density at radius 3 is 1.96 bits per heavy atom. The first-order valence-corrected chi connectivity index (χ1v) is 7.44. The van der Waals surface area contributed by atoms with Crippen molar-refractivity contribution >= 4 is 29.1 Å². The number of amides is 3. The average molecular weight is 325 g/mol. The molecule has 0 heterocycles. The molecule has 6 nitrogen and oxygen atoms in total. The summed E-state index contributed by atoms with van der Waals surface area (Å²) in [5.41, 5.74) is 2.05. The highest BCUT2D eigenvalue weighted by molar-refractivity contribution is 6.39. The second-order valence-corrected chi connectivity index (χ2v) is 5.36. The van der Waals surface area contributed by atoms with Crippen LogP contribution in [0, 0.1) is 0 Å². The van der Waals surface area contributed by atoms with Crippen molar-refractivity contribution in [3.63, 3.8) is 0 Å². The van der Waals surface area contributed by atoms with E-state index >= 15 is 0 Å². The van der Waals surface area contributed by atoms with Gasteiger partial charge in [0.25, 0.3) is 0 Å². The number of likely N-dealkylation sites (N-methyl/N-ethyl adjacent to an activating group) is 1. The highest BCUT2D eigenvalue weighted by Gasteiger charge is 2.18. The molecule has 0 unspecified atom stereocenters. The van der Waals surface area contributed by atoms with Gasteiger partial charge in [0.1, 0.15) is 0 Å². The van der Waals surface area contributed by atoms with E-state index in [0.717, 1.165) is 5.56 Å². The van der Waals surface area contributed by atoms with Crippen LogP contribution in [0.15, 0.2) is 54.6 Å². The number of carbonyl (C=O) groups is 3. The maximum Gasteiger partial charge on any atom is 0.313 e. The fraction of sp³-hybridized carbons (Fsp3) is 0.167. The molecule has 0 saturated carbocycles. The van der Waals surface area contributed by atoms with Gasteiger partial charge in [-0.3, -0.25) is 14.4 Å². The van der Waals surface area contributed by atoms with Crippen LogP contribution >= 0.6 is 0 Å². The SMILES string of the molecule is CC(=O)Nc1ccc(NC(=O)C(=O)N(C)Cc2ccccc2)cc1. The maximum atomic E-state index is 12.1. The molecule has 0 spiro atoms. The smallest absolute Gasteiger partial charge is 0.313 e. The van der Waals surface area contributed by atoms with Crippen LogP contribution in [-0.2, 0) is 20.9 Å². The van der Waals surface area contributed by atoms with Gasteiger partial charge >= 0.3 is 11.8 Å². The molecule has 0 aliphatic heterocycles. The Balaban J connectivity index is 1.93. The predicted octanol–water partition coefficient (Wildman–Crippen LogP) is 2.24. The summed E-state index contributed by atoms with van der Waals surface area (Å²) < 4.78 is 0. The van der Waals surface area contributed by atoms with Gasteiger partial charge in [-0.1, -0.05) is 30.3 Å². The molecule has 2 N–H and O–H groups in total. The fourth-order valence-electron chi connectivity index (χ4n) is 2.13. The molecular weight excluding hydrogens is 306 g/mol. The molecule has 2 aromatic rings. The van der Waals surface area contributed by atoms with Crippen molar-refractivity contribution in [2.24, 2.45) is 0 Å². The van der Waals surface area contributed by atoms with Crippen LogP contribution in [0.25, 0.3) is 0 Å². The van der Waals surface area contributed by atoms with Crippen molar-refractivity contribution in [1.82, 2.24) is 4.90 Å². The number of nitrogens with zero attached hydrogens (tertiary/aromatic N) is 1. The monoisotopic (exact) mass is 325 g/mol. The number of nitrogens with one attached hydrogen (secondary N) is 2. The van der Waals surface area contributed by atoms with Crippen molar-refractivity contribution in [3.05, 3.63) is 60.2 Å². The zero-order valence-electron chi connectivity index (χ0n) is 13.6. The summed E-state index contributed by atoms with van der Waals surface area (Å²) in [7, 11) is 1.58. The van der Waals surface area contributed by atoms with E-state index in [4.69, 9.17) is 0 Å². The third-order valence-corrected chi connectivity index (χ3v) is 3.27. The lowest BCUT2D eigenvalue weighted by Crippen LogP contribution is -2.36. The summed E-state index contributed by atoms with van der Waals surface area (Å²) in [5.74, 6) is -1.50. The minimum absolute atomic E-state index is 0.176. The summed E-state index contributed by atoms with van der Waals surface area (Å²) in [6.45, 7) is 1.77. The van der Waals surface area contributed by atoms with Gasteiger partial charge in [-0.15, -0.1) is 0 Å². The lowest BCUT2D eigenvalue weighted by Gasteiger charge is -2.16. The quantitative estimate of drug-likeness (QED) is 0.846. The molecule has 0 atom stereocenters. The molecule has 2 rings (SSSR count). The molecule has 2 aromatic carbocycles. The molecule has 6 heteroatoms. The molecule has 0 saturated heterocycles. The van der Waals surface area contributed by atoms with Crippen molar-refractivity contribution in [1.29, 1.82) is 0 Å². The molecule has 3 amide bonds. The van der Waals surface area contributed by atoms with Gasteiger partial charge in [-0.25, -0.2) is 0 Å². The summed E-state index contributed by atoms with van der Waals surface area (Å²) in [6, 6.07) is 16.0. The van der Waals surface area contributed by atoms with Crippen molar-refractivity contribution in [2.75, 3.05) is 17.7 Å². The normalized spacial score (nSPS) is 9.92. The molecule has 0 bridgehead atoms. The molecule has 0 radical (unpaired) electrons. The zero-order chi connectivity index (χ0) is 17.5. The van der Waals surface area contributed by atoms with E-state index in [1.54, 1.807) is 31.3 Å². The lowest BCUT2D eigenvalue weighted by atomic mass is 10.2. The number of benzene rings is 2. The van der Waals surface area contributed by atoms with Crippen molar-refractivity contribution < 1.29 is 14.4 Å². The Morgan fingerprint density at radius 2 is 1.42 bits per heavy atom. The highest BCUT2D eigenvalue weighted by atomic mass is 16.2. The lowest BCUT2D eigenvalue weighted by molar-refractivity contribution is -0.142. The van der Waals surface area contributed by atoms with Gasteiger partial charge in [-0.05, 0) is 29.8 Å². The van der Waals surface area contributed by atoms with Crippen LogP contribution < -0.4 is 10.6 Å². The average Bonchev–Trinajstić information content (AvgIpc) is 2.56. The molecule has 0 fully saturated rings. The summed E-state index contributed by atoms with van der Waals surface area (Å²) in [6.07, 6.45) is 0. The van der Waals surface area contributed by atoms with Gasteiger partial charge in [-0.2, -0.15) is 0 Å². The van der Waals surface area contributed by atoms with Crippen LogP contribution in [0.4, 0.5) is 11.4 Å². The molecule has 124 valence electrons. The van der Waals surface area contributed by atoms with E-state index in [2.05, 4.69) is 10.6 Å². The molecule has 0 aliphatic rings. The maximum absolute atomic E-state index is 12.1. The fourth-order valence-corrected chi connectivity index (χ4v) is 2.13. The van der Waals surface area contributed by atoms with Gasteiger partial charge < -0.3 is 15.5 Å². The summed E-state index contributed by atoms with van der Waals surface area (Å²) in [4.78, 5) is 36.5. The zero-order valence-corrected chi connectivity index (χ0v) is 13.6. The van der Waals surface area contributed by atoms with Gasteiger partial charge in [0.2, 0.25) is 5.91 Å². The standard InChI is InChI=1S/C18H19N3O3/c1-13(22)19-15-8-10-16(11-9-15)20-17(23)18(24)21(2)12-14-6-4-3-5-7-14/h3-11H,12H2,1-2H3,(H,19,22)(H,20,23). The van der Waals surface area contributed by atoms with Crippen molar-refractivity contribution in [3.8, 4) is 0 Å². The number of hydrogen-bond donors (Lipinski definition) is 2.